The average Bonchev–Trinajstić information content (AvgIpc) is 2.54. The van der Waals surface area contributed by atoms with E-state index in [-0.39, 0.29) is 0 Å². The van der Waals surface area contributed by atoms with Gasteiger partial charge in [0.15, 0.2) is 11.7 Å². The van der Waals surface area contributed by atoms with Crippen molar-refractivity contribution in [2.75, 3.05) is 5.32 Å². The number of nitrogens with zero attached hydrogens (tertiary/aromatic N) is 1. The molecule has 0 aliphatic heterocycles. The molecule has 1 amide bonds. The molecule has 0 saturated carbocycles. The van der Waals surface area contributed by atoms with Crippen LogP contribution in [0.15, 0.2) is 60.7 Å². The average molecular weight is 304 g/mol. The van der Waals surface area contributed by atoms with Gasteiger partial charge in [-0.2, -0.15) is 5.26 Å². The predicted octanol–water partition coefficient (Wildman–Crippen LogP) is 3.36. The molecule has 0 aliphatic rings. The first-order valence-electron chi connectivity index (χ1n) is 7.14. The van der Waals surface area contributed by atoms with Gasteiger partial charge in [-0.25, -0.2) is 0 Å². The smallest absolute Gasteiger partial charge is 0.249 e. The number of rotatable bonds is 5. The van der Waals surface area contributed by atoms with Gasteiger partial charge in [-0.15, -0.1) is 0 Å². The third-order valence-corrected chi connectivity index (χ3v) is 3.20. The summed E-state index contributed by atoms with van der Waals surface area (Å²) < 4.78 is 0. The number of nitrogens with one attached hydrogen (secondary N) is 1. The van der Waals surface area contributed by atoms with E-state index >= 15 is 0 Å². The number of nitriles is 1. The van der Waals surface area contributed by atoms with Crippen molar-refractivity contribution >= 4 is 23.5 Å². The van der Waals surface area contributed by atoms with Gasteiger partial charge in [0.1, 0.15) is 0 Å². The SMILES string of the molecule is Cc1cccc(NC(=O)[C@H](C#N)C(=O)/C=C\c2ccccc2)c1. The molecule has 0 aliphatic carbocycles. The Bertz CT molecular complexity index is 773. The fourth-order valence-electron chi connectivity index (χ4n) is 2.03. The van der Waals surface area contributed by atoms with Crippen molar-refractivity contribution in [1.29, 1.82) is 5.26 Å². The molecule has 0 bridgehead atoms. The number of anilines is 1. The highest BCUT2D eigenvalue weighted by Gasteiger charge is 2.24. The molecule has 0 unspecified atom stereocenters. The molecular formula is C19H16N2O2. The maximum absolute atomic E-state index is 12.1. The van der Waals surface area contributed by atoms with Crippen molar-refractivity contribution in [2.24, 2.45) is 5.92 Å². The Balaban J connectivity index is 2.06. The number of carbonyl (C=O) groups excluding carboxylic acids is 2. The Labute approximate surface area is 135 Å². The maximum atomic E-state index is 12.1. The second kappa shape index (κ2) is 7.71. The molecule has 0 saturated heterocycles. The number of allylic oxidation sites excluding steroid dienone is 1. The Morgan fingerprint density at radius 3 is 2.52 bits per heavy atom. The lowest BCUT2D eigenvalue weighted by Gasteiger charge is -2.08. The minimum Gasteiger partial charge on any atom is -0.325 e. The Kier molecular flexibility index (Phi) is 5.43. The van der Waals surface area contributed by atoms with Crippen LogP contribution in [0.2, 0.25) is 0 Å². The van der Waals surface area contributed by atoms with Crippen molar-refractivity contribution in [3.63, 3.8) is 0 Å². The van der Waals surface area contributed by atoms with Crippen LogP contribution >= 0.6 is 0 Å². The summed E-state index contributed by atoms with van der Waals surface area (Å²) in [6.07, 6.45) is 2.85. The predicted molar refractivity (Wildman–Crippen MR) is 89.4 cm³/mol. The van der Waals surface area contributed by atoms with E-state index in [4.69, 9.17) is 5.26 Å². The first-order valence-corrected chi connectivity index (χ1v) is 7.14. The van der Waals surface area contributed by atoms with E-state index in [2.05, 4.69) is 5.32 Å². The molecule has 0 aromatic heterocycles. The van der Waals surface area contributed by atoms with E-state index in [1.165, 1.54) is 6.08 Å². The molecule has 23 heavy (non-hydrogen) atoms. The summed E-state index contributed by atoms with van der Waals surface area (Å²) in [5.41, 5.74) is 2.37. The van der Waals surface area contributed by atoms with Crippen LogP contribution in [0.3, 0.4) is 0 Å². The Morgan fingerprint density at radius 2 is 1.87 bits per heavy atom. The summed E-state index contributed by atoms with van der Waals surface area (Å²) in [5, 5.41) is 11.7. The van der Waals surface area contributed by atoms with Crippen LogP contribution in [0.4, 0.5) is 5.69 Å². The molecule has 0 spiro atoms. The molecule has 0 fully saturated rings. The fraction of sp³-hybridized carbons (Fsp3) is 0.105. The van der Waals surface area contributed by atoms with Crippen molar-refractivity contribution in [3.05, 3.63) is 71.8 Å². The van der Waals surface area contributed by atoms with Crippen LogP contribution in [0, 0.1) is 24.2 Å². The van der Waals surface area contributed by atoms with E-state index in [1.807, 2.05) is 43.3 Å². The van der Waals surface area contributed by atoms with Crippen LogP contribution in [0.1, 0.15) is 11.1 Å². The summed E-state index contributed by atoms with van der Waals surface area (Å²) >= 11 is 0. The molecule has 4 nitrogen and oxygen atoms in total. The first kappa shape index (κ1) is 16.2. The van der Waals surface area contributed by atoms with E-state index in [9.17, 15) is 9.59 Å². The minimum atomic E-state index is -1.37. The van der Waals surface area contributed by atoms with Gasteiger partial charge in [-0.1, -0.05) is 48.5 Å². The molecule has 2 aromatic rings. The van der Waals surface area contributed by atoms with Crippen LogP contribution in [0.5, 0.6) is 0 Å². The summed E-state index contributed by atoms with van der Waals surface area (Å²) in [6, 6.07) is 18.2. The quantitative estimate of drug-likeness (QED) is 0.680. The van der Waals surface area contributed by atoms with Gasteiger partial charge >= 0.3 is 0 Å². The lowest BCUT2D eigenvalue weighted by atomic mass is 10.0. The van der Waals surface area contributed by atoms with Gasteiger partial charge in [0.05, 0.1) is 6.07 Å². The highest BCUT2D eigenvalue weighted by Crippen LogP contribution is 2.12. The highest BCUT2D eigenvalue weighted by atomic mass is 16.2. The number of carbonyl (C=O) groups is 2. The molecule has 0 heterocycles. The van der Waals surface area contributed by atoms with Crippen molar-refractivity contribution in [1.82, 2.24) is 0 Å². The van der Waals surface area contributed by atoms with Gasteiger partial charge < -0.3 is 5.32 Å². The van der Waals surface area contributed by atoms with Gasteiger partial charge in [0.2, 0.25) is 5.91 Å². The Hall–Kier alpha value is -3.19. The number of hydrogen-bond acceptors (Lipinski definition) is 3. The van der Waals surface area contributed by atoms with Crippen LogP contribution < -0.4 is 5.32 Å². The number of benzene rings is 2. The number of ketones is 1. The van der Waals surface area contributed by atoms with Crippen molar-refractivity contribution < 1.29 is 9.59 Å². The normalized spacial score (nSPS) is 11.7. The molecule has 0 radical (unpaired) electrons. The largest absolute Gasteiger partial charge is 0.325 e. The lowest BCUT2D eigenvalue weighted by molar-refractivity contribution is -0.126. The molecule has 1 N–H and O–H groups in total. The third kappa shape index (κ3) is 4.65. The summed E-state index contributed by atoms with van der Waals surface area (Å²) in [5.74, 6) is -2.53. The lowest BCUT2D eigenvalue weighted by Crippen LogP contribution is -2.27. The molecule has 1 atom stereocenters. The van der Waals surface area contributed by atoms with Gasteiger partial charge in [-0.05, 0) is 36.3 Å². The molecule has 2 aromatic carbocycles. The first-order chi connectivity index (χ1) is 11.1. The second-order valence-electron chi connectivity index (χ2n) is 5.07. The topological polar surface area (TPSA) is 70.0 Å². The van der Waals surface area contributed by atoms with Crippen LogP contribution in [-0.2, 0) is 9.59 Å². The highest BCUT2D eigenvalue weighted by molar-refractivity contribution is 6.14. The maximum Gasteiger partial charge on any atom is 0.249 e. The van der Waals surface area contributed by atoms with Gasteiger partial charge in [-0.3, -0.25) is 9.59 Å². The molecule has 4 heteroatoms. The number of aryl methyl sites for hydroxylation is 1. The zero-order chi connectivity index (χ0) is 16.7. The van der Waals surface area contributed by atoms with Crippen LogP contribution in [0.25, 0.3) is 6.08 Å². The fourth-order valence-corrected chi connectivity index (χ4v) is 2.03. The van der Waals surface area contributed by atoms with E-state index in [0.717, 1.165) is 11.1 Å². The number of amides is 1. The minimum absolute atomic E-state index is 0.540. The number of hydrogen-bond donors (Lipinski definition) is 1. The van der Waals surface area contributed by atoms with Gasteiger partial charge in [0.25, 0.3) is 0 Å². The van der Waals surface area contributed by atoms with Crippen molar-refractivity contribution in [3.8, 4) is 6.07 Å². The monoisotopic (exact) mass is 304 g/mol. The zero-order valence-electron chi connectivity index (χ0n) is 12.7. The Morgan fingerprint density at radius 1 is 1.13 bits per heavy atom. The van der Waals surface area contributed by atoms with Gasteiger partial charge in [0, 0.05) is 5.69 Å². The summed E-state index contributed by atoms with van der Waals surface area (Å²) in [6.45, 7) is 1.89. The van der Waals surface area contributed by atoms with E-state index in [0.29, 0.717) is 5.69 Å². The summed E-state index contributed by atoms with van der Waals surface area (Å²) in [4.78, 5) is 24.2. The standard InChI is InChI=1S/C19H16N2O2/c1-14-6-5-9-16(12-14)21-19(23)17(13-20)18(22)11-10-15-7-3-2-4-8-15/h2-12,17H,1H3,(H,21,23)/b11-10-/t17-/m1/s1. The van der Waals surface area contributed by atoms with E-state index in [1.54, 1.807) is 30.3 Å². The second-order valence-corrected chi connectivity index (χ2v) is 5.07. The molecule has 114 valence electrons. The van der Waals surface area contributed by atoms with Crippen molar-refractivity contribution in [2.45, 2.75) is 6.92 Å². The van der Waals surface area contributed by atoms with Crippen LogP contribution in [-0.4, -0.2) is 11.7 Å². The zero-order valence-corrected chi connectivity index (χ0v) is 12.7. The van der Waals surface area contributed by atoms with E-state index < -0.39 is 17.6 Å². The third-order valence-electron chi connectivity index (χ3n) is 3.20. The molecular weight excluding hydrogens is 288 g/mol. The summed E-state index contributed by atoms with van der Waals surface area (Å²) in [7, 11) is 0. The molecule has 2 rings (SSSR count).